The summed E-state index contributed by atoms with van der Waals surface area (Å²) in [6.07, 6.45) is 0.325. The summed E-state index contributed by atoms with van der Waals surface area (Å²) in [5.41, 5.74) is 21.7. The average Bonchev–Trinajstić information content (AvgIpc) is 2.32. The van der Waals surface area contributed by atoms with Gasteiger partial charge in [0.2, 0.25) is 0 Å². The van der Waals surface area contributed by atoms with Gasteiger partial charge in [-0.2, -0.15) is 12.6 Å². The van der Waals surface area contributed by atoms with E-state index in [0.29, 0.717) is 19.4 Å². The van der Waals surface area contributed by atoms with Crippen molar-refractivity contribution in [2.75, 3.05) is 12.3 Å². The molecule has 0 saturated carbocycles. The Morgan fingerprint density at radius 1 is 1.06 bits per heavy atom. The quantitative estimate of drug-likeness (QED) is 0.113. The molecule has 0 aliphatic rings. The van der Waals surface area contributed by atoms with Crippen molar-refractivity contribution in [3.63, 3.8) is 0 Å². The number of hydrogen-bond donors (Lipinski definition) is 6. The van der Waals surface area contributed by atoms with Crippen LogP contribution in [-0.4, -0.2) is 42.2 Å². The molecule has 1 unspecified atom stereocenters. The monoisotopic (exact) mass is 277 g/mol. The first kappa shape index (κ1) is 17.5. The van der Waals surface area contributed by atoms with E-state index in [-0.39, 0.29) is 23.7 Å². The minimum Gasteiger partial charge on any atom is -0.321 e. The summed E-state index contributed by atoms with van der Waals surface area (Å²) in [7, 11) is 0. The van der Waals surface area contributed by atoms with Crippen LogP contribution in [0.25, 0.3) is 0 Å². The summed E-state index contributed by atoms with van der Waals surface area (Å²) >= 11 is 3.90. The van der Waals surface area contributed by atoms with Gasteiger partial charge in [0.15, 0.2) is 11.6 Å². The maximum atomic E-state index is 11.6. The van der Waals surface area contributed by atoms with Crippen LogP contribution in [0.5, 0.6) is 0 Å². The van der Waals surface area contributed by atoms with Gasteiger partial charge in [-0.1, -0.05) is 0 Å². The fraction of sp³-hybridized carbons (Fsp3) is 0.800. The molecular formula is C10H23N5O2S. The highest BCUT2D eigenvalue weighted by molar-refractivity contribution is 7.80. The topological polar surface area (TPSA) is 150 Å². The largest absolute Gasteiger partial charge is 0.321 e. The van der Waals surface area contributed by atoms with Crippen molar-refractivity contribution in [3.05, 3.63) is 0 Å². The SMILES string of the molecule is NC(N)NCCC[C@H](N)C(=O)CC(=O)C(N)CS. The number of carbonyl (C=O) groups excluding carboxylic acids is 2. The summed E-state index contributed by atoms with van der Waals surface area (Å²) in [6.45, 7) is 0.572. The molecule has 18 heavy (non-hydrogen) atoms. The van der Waals surface area contributed by atoms with Crippen LogP contribution in [0, 0.1) is 0 Å². The van der Waals surface area contributed by atoms with E-state index >= 15 is 0 Å². The van der Waals surface area contributed by atoms with Crippen molar-refractivity contribution < 1.29 is 9.59 Å². The maximum absolute atomic E-state index is 11.6. The van der Waals surface area contributed by atoms with Crippen LogP contribution in [0.4, 0.5) is 0 Å². The summed E-state index contributed by atoms with van der Waals surface area (Å²) in [5.74, 6) is -0.401. The van der Waals surface area contributed by atoms with Crippen molar-refractivity contribution in [2.45, 2.75) is 37.6 Å². The van der Waals surface area contributed by atoms with Gasteiger partial charge in [0, 0.05) is 5.75 Å². The van der Waals surface area contributed by atoms with E-state index in [9.17, 15) is 9.59 Å². The lowest BCUT2D eigenvalue weighted by Gasteiger charge is -2.13. The van der Waals surface area contributed by atoms with Gasteiger partial charge in [-0.25, -0.2) is 0 Å². The highest BCUT2D eigenvalue weighted by Gasteiger charge is 2.20. The maximum Gasteiger partial charge on any atom is 0.157 e. The first-order chi connectivity index (χ1) is 8.38. The number of carbonyl (C=O) groups is 2. The Labute approximate surface area is 112 Å². The van der Waals surface area contributed by atoms with Crippen LogP contribution >= 0.6 is 12.6 Å². The molecule has 0 aromatic rings. The van der Waals surface area contributed by atoms with E-state index in [1.807, 2.05) is 0 Å². The molecule has 0 spiro atoms. The molecule has 7 nitrogen and oxygen atoms in total. The van der Waals surface area contributed by atoms with E-state index in [4.69, 9.17) is 22.9 Å². The van der Waals surface area contributed by atoms with E-state index in [1.54, 1.807) is 0 Å². The van der Waals surface area contributed by atoms with Gasteiger partial charge in [-0.05, 0) is 19.4 Å². The minimum atomic E-state index is -0.707. The van der Waals surface area contributed by atoms with E-state index in [2.05, 4.69) is 17.9 Å². The number of thiol groups is 1. The van der Waals surface area contributed by atoms with E-state index in [0.717, 1.165) is 0 Å². The van der Waals surface area contributed by atoms with Crippen molar-refractivity contribution >= 4 is 24.2 Å². The van der Waals surface area contributed by atoms with Gasteiger partial charge >= 0.3 is 0 Å². The van der Waals surface area contributed by atoms with Gasteiger partial charge in [0.1, 0.15) is 6.29 Å². The lowest BCUT2D eigenvalue weighted by molar-refractivity contribution is -0.128. The Morgan fingerprint density at radius 3 is 2.11 bits per heavy atom. The molecule has 0 aliphatic carbocycles. The normalized spacial score (nSPS) is 14.6. The molecule has 106 valence electrons. The first-order valence-electron chi connectivity index (χ1n) is 5.80. The Balaban J connectivity index is 3.86. The first-order valence-corrected chi connectivity index (χ1v) is 6.43. The van der Waals surface area contributed by atoms with Crippen molar-refractivity contribution in [1.82, 2.24) is 5.32 Å². The van der Waals surface area contributed by atoms with Crippen LogP contribution in [0.2, 0.25) is 0 Å². The van der Waals surface area contributed by atoms with Gasteiger partial charge in [-0.3, -0.25) is 14.9 Å². The van der Waals surface area contributed by atoms with Crippen molar-refractivity contribution in [3.8, 4) is 0 Å². The van der Waals surface area contributed by atoms with Crippen LogP contribution < -0.4 is 28.3 Å². The molecule has 0 radical (unpaired) electrons. The van der Waals surface area contributed by atoms with Crippen LogP contribution in [0.1, 0.15) is 19.3 Å². The Kier molecular flexibility index (Phi) is 9.16. The molecule has 0 heterocycles. The smallest absolute Gasteiger partial charge is 0.157 e. The molecule has 0 bridgehead atoms. The number of nitrogens with one attached hydrogen (secondary N) is 1. The van der Waals surface area contributed by atoms with Gasteiger partial charge in [-0.15, -0.1) is 0 Å². The second-order valence-corrected chi connectivity index (χ2v) is 4.49. The zero-order valence-corrected chi connectivity index (χ0v) is 11.2. The standard InChI is InChI=1S/C10H23N5O2S/c11-6(2-1-3-15-10(13)14)8(16)4-9(17)7(12)5-18/h6-7,10,15,18H,1-5,11-14H2/t6-,7?/m0/s1. The summed E-state index contributed by atoms with van der Waals surface area (Å²) in [4.78, 5) is 23.0. The van der Waals surface area contributed by atoms with Gasteiger partial charge < -0.3 is 22.9 Å². The molecule has 8 heteroatoms. The summed E-state index contributed by atoms with van der Waals surface area (Å²) < 4.78 is 0. The third kappa shape index (κ3) is 7.75. The Bertz CT molecular complexity index is 275. The highest BCUT2D eigenvalue weighted by Crippen LogP contribution is 2.01. The van der Waals surface area contributed by atoms with Crippen LogP contribution in [0.15, 0.2) is 0 Å². The van der Waals surface area contributed by atoms with E-state index in [1.165, 1.54) is 0 Å². The number of rotatable bonds is 10. The lowest BCUT2D eigenvalue weighted by atomic mass is 10.0. The fourth-order valence-electron chi connectivity index (χ4n) is 1.29. The molecule has 0 aliphatic heterocycles. The van der Waals surface area contributed by atoms with Gasteiger partial charge in [0.05, 0.1) is 18.5 Å². The molecule has 0 amide bonds. The molecular weight excluding hydrogens is 254 g/mol. The highest BCUT2D eigenvalue weighted by atomic mass is 32.1. The molecule has 2 atom stereocenters. The number of hydrogen-bond acceptors (Lipinski definition) is 8. The predicted octanol–water partition coefficient (Wildman–Crippen LogP) is -2.33. The second kappa shape index (κ2) is 9.42. The molecule has 0 aromatic heterocycles. The number of ketones is 2. The van der Waals surface area contributed by atoms with E-state index < -0.39 is 18.4 Å². The molecule has 0 rings (SSSR count). The summed E-state index contributed by atoms with van der Waals surface area (Å²) in [5, 5.41) is 2.80. The zero-order chi connectivity index (χ0) is 14.1. The van der Waals surface area contributed by atoms with Gasteiger partial charge in [0.25, 0.3) is 0 Å². The zero-order valence-electron chi connectivity index (χ0n) is 10.3. The van der Waals surface area contributed by atoms with Crippen molar-refractivity contribution in [1.29, 1.82) is 0 Å². The summed E-state index contributed by atoms with van der Waals surface area (Å²) in [6, 6.07) is -1.36. The third-order valence-electron chi connectivity index (χ3n) is 2.44. The van der Waals surface area contributed by atoms with Crippen LogP contribution in [0.3, 0.4) is 0 Å². The molecule has 9 N–H and O–H groups in total. The Morgan fingerprint density at radius 2 is 1.61 bits per heavy atom. The predicted molar refractivity (Wildman–Crippen MR) is 73.8 cm³/mol. The fourth-order valence-corrected chi connectivity index (χ4v) is 1.49. The minimum absolute atomic E-state index is 0.222. The molecule has 0 saturated heterocycles. The second-order valence-electron chi connectivity index (χ2n) is 4.13. The number of nitrogens with two attached hydrogens (primary N) is 4. The number of Topliss-reactive ketones (excluding diaryl/α,β-unsaturated/α-hetero) is 2. The van der Waals surface area contributed by atoms with Crippen molar-refractivity contribution in [2.24, 2.45) is 22.9 Å². The molecule has 0 fully saturated rings. The molecule has 0 aromatic carbocycles. The Hall–Kier alpha value is -0.510. The lowest BCUT2D eigenvalue weighted by Crippen LogP contribution is -2.45. The van der Waals surface area contributed by atoms with Crippen LogP contribution in [-0.2, 0) is 9.59 Å². The third-order valence-corrected chi connectivity index (χ3v) is 2.84. The average molecular weight is 277 g/mol.